The molecule has 2 amide bonds. The number of carbonyl (C=O) groups is 1. The third-order valence-corrected chi connectivity index (χ3v) is 4.70. The molecule has 1 aliphatic rings. The lowest BCUT2D eigenvalue weighted by molar-refractivity contribution is 0.174. The average Bonchev–Trinajstić information content (AvgIpc) is 3.29. The van der Waals surface area contributed by atoms with E-state index in [0.717, 1.165) is 27.8 Å². The van der Waals surface area contributed by atoms with E-state index in [1.165, 1.54) is 0 Å². The average molecular weight is 381 g/mol. The molecule has 0 atom stereocenters. The first-order chi connectivity index (χ1) is 13.7. The van der Waals surface area contributed by atoms with Crippen LogP contribution >= 0.6 is 0 Å². The van der Waals surface area contributed by atoms with Gasteiger partial charge in [0.25, 0.3) is 0 Å². The van der Waals surface area contributed by atoms with Gasteiger partial charge in [0, 0.05) is 35.4 Å². The lowest BCUT2D eigenvalue weighted by Crippen LogP contribution is -2.30. The highest BCUT2D eigenvalue weighted by Gasteiger charge is 2.17. The van der Waals surface area contributed by atoms with Crippen molar-refractivity contribution in [3.63, 3.8) is 0 Å². The van der Waals surface area contributed by atoms with Crippen LogP contribution in [0.4, 0.5) is 10.5 Å². The number of ether oxygens (including phenoxy) is 3. The van der Waals surface area contributed by atoms with E-state index in [2.05, 4.69) is 15.6 Å². The monoisotopic (exact) mass is 381 g/mol. The number of benzene rings is 2. The quantitative estimate of drug-likeness (QED) is 0.603. The molecule has 0 fully saturated rings. The predicted molar refractivity (Wildman–Crippen MR) is 107 cm³/mol. The van der Waals surface area contributed by atoms with Crippen LogP contribution in [0.3, 0.4) is 0 Å². The fourth-order valence-electron chi connectivity index (χ4n) is 3.35. The normalized spacial score (nSPS) is 12.2. The number of urea groups is 1. The molecule has 28 heavy (non-hydrogen) atoms. The number of anilines is 1. The van der Waals surface area contributed by atoms with Gasteiger partial charge in [-0.05, 0) is 49.6 Å². The Morgan fingerprint density at radius 1 is 1.25 bits per heavy atom. The summed E-state index contributed by atoms with van der Waals surface area (Å²) in [5, 5.41) is 6.84. The molecule has 0 saturated carbocycles. The van der Waals surface area contributed by atoms with Gasteiger partial charge in [0.2, 0.25) is 6.79 Å². The second kappa shape index (κ2) is 7.72. The number of nitrogens with one attached hydrogen (secondary N) is 3. The van der Waals surface area contributed by atoms with Crippen molar-refractivity contribution in [2.75, 3.05) is 25.3 Å². The molecule has 3 aromatic rings. The largest absolute Gasteiger partial charge is 0.493 e. The first-order valence-corrected chi connectivity index (χ1v) is 9.32. The van der Waals surface area contributed by atoms with Crippen LogP contribution in [0.25, 0.3) is 10.9 Å². The Bertz CT molecular complexity index is 1010. The maximum absolute atomic E-state index is 12.3. The number of fused-ring (bicyclic) bond motifs is 2. The minimum absolute atomic E-state index is 0.207. The van der Waals surface area contributed by atoms with Crippen molar-refractivity contribution in [3.05, 3.63) is 47.7 Å². The van der Waals surface area contributed by atoms with Crippen molar-refractivity contribution < 1.29 is 19.0 Å². The standard InChI is InChI=1S/C21H23N3O4/c1-3-26-17-6-4-5-15-20(17)14(11-23-15)7-8-22-21(25)24-16-10-19-18(9-13(16)2)27-12-28-19/h4-6,9-11,23H,3,7-8,12H2,1-2H3,(H2,22,24,25). The summed E-state index contributed by atoms with van der Waals surface area (Å²) in [6.07, 6.45) is 2.66. The maximum Gasteiger partial charge on any atom is 0.319 e. The number of aromatic amines is 1. The maximum atomic E-state index is 12.3. The van der Waals surface area contributed by atoms with Crippen LogP contribution in [0.15, 0.2) is 36.5 Å². The van der Waals surface area contributed by atoms with Gasteiger partial charge >= 0.3 is 6.03 Å². The summed E-state index contributed by atoms with van der Waals surface area (Å²) in [6.45, 7) is 5.20. The molecule has 1 aromatic heterocycles. The Labute approximate surface area is 163 Å². The summed E-state index contributed by atoms with van der Waals surface area (Å²) in [6, 6.07) is 9.33. The van der Waals surface area contributed by atoms with Crippen LogP contribution in [0.1, 0.15) is 18.1 Å². The number of hydrogen-bond acceptors (Lipinski definition) is 4. The van der Waals surface area contributed by atoms with E-state index < -0.39 is 0 Å². The molecule has 0 spiro atoms. The molecular weight excluding hydrogens is 358 g/mol. The predicted octanol–water partition coefficient (Wildman–Crippen LogP) is 3.97. The van der Waals surface area contributed by atoms with Gasteiger partial charge in [-0.2, -0.15) is 0 Å². The number of aryl methyl sites for hydroxylation is 1. The number of aromatic nitrogens is 1. The van der Waals surface area contributed by atoms with Crippen molar-refractivity contribution in [2.24, 2.45) is 0 Å². The molecule has 0 aliphatic carbocycles. The van der Waals surface area contributed by atoms with Crippen molar-refractivity contribution in [1.29, 1.82) is 0 Å². The smallest absolute Gasteiger partial charge is 0.319 e. The lowest BCUT2D eigenvalue weighted by Gasteiger charge is -2.11. The van der Waals surface area contributed by atoms with Gasteiger partial charge in [-0.1, -0.05) is 6.07 Å². The van der Waals surface area contributed by atoms with Crippen LogP contribution in [-0.2, 0) is 6.42 Å². The SMILES string of the molecule is CCOc1cccc2[nH]cc(CCNC(=O)Nc3cc4c(cc3C)OCO4)c12. The highest BCUT2D eigenvalue weighted by Crippen LogP contribution is 2.36. The first kappa shape index (κ1) is 18.0. The van der Waals surface area contributed by atoms with Crippen LogP contribution in [0.2, 0.25) is 0 Å². The number of rotatable bonds is 6. The molecule has 2 aromatic carbocycles. The number of carbonyl (C=O) groups excluding carboxylic acids is 1. The Morgan fingerprint density at radius 3 is 2.89 bits per heavy atom. The fraction of sp³-hybridized carbons (Fsp3) is 0.286. The summed E-state index contributed by atoms with van der Waals surface area (Å²) < 4.78 is 16.4. The van der Waals surface area contributed by atoms with Crippen molar-refractivity contribution in [2.45, 2.75) is 20.3 Å². The molecule has 7 nitrogen and oxygen atoms in total. The van der Waals surface area contributed by atoms with Crippen LogP contribution in [-0.4, -0.2) is 31.0 Å². The summed E-state index contributed by atoms with van der Waals surface area (Å²) in [5.41, 5.74) is 3.75. The fourth-order valence-corrected chi connectivity index (χ4v) is 3.35. The first-order valence-electron chi connectivity index (χ1n) is 9.32. The minimum Gasteiger partial charge on any atom is -0.493 e. The molecule has 0 bridgehead atoms. The van der Waals surface area contributed by atoms with Gasteiger partial charge in [-0.15, -0.1) is 0 Å². The highest BCUT2D eigenvalue weighted by molar-refractivity contribution is 5.91. The molecule has 7 heteroatoms. The Balaban J connectivity index is 1.38. The van der Waals surface area contributed by atoms with E-state index in [9.17, 15) is 4.79 Å². The molecule has 0 saturated heterocycles. The minimum atomic E-state index is -0.258. The topological polar surface area (TPSA) is 84.6 Å². The third kappa shape index (κ3) is 3.55. The van der Waals surface area contributed by atoms with Gasteiger partial charge in [0.15, 0.2) is 11.5 Å². The second-order valence-corrected chi connectivity index (χ2v) is 6.58. The van der Waals surface area contributed by atoms with Crippen molar-refractivity contribution in [3.8, 4) is 17.2 Å². The third-order valence-electron chi connectivity index (χ3n) is 4.70. The summed E-state index contributed by atoms with van der Waals surface area (Å²) in [7, 11) is 0. The molecule has 0 radical (unpaired) electrons. The van der Waals surface area contributed by atoms with Gasteiger partial charge < -0.3 is 29.8 Å². The molecule has 0 unspecified atom stereocenters. The summed E-state index contributed by atoms with van der Waals surface area (Å²) in [4.78, 5) is 15.6. The van der Waals surface area contributed by atoms with E-state index >= 15 is 0 Å². The van der Waals surface area contributed by atoms with Crippen LogP contribution in [0, 0.1) is 6.92 Å². The zero-order valence-corrected chi connectivity index (χ0v) is 15.9. The van der Waals surface area contributed by atoms with Crippen molar-refractivity contribution >= 4 is 22.6 Å². The summed E-state index contributed by atoms with van der Waals surface area (Å²) in [5.74, 6) is 2.20. The molecule has 1 aliphatic heterocycles. The number of H-pyrrole nitrogens is 1. The zero-order valence-electron chi connectivity index (χ0n) is 15.9. The molecule has 4 rings (SSSR count). The summed E-state index contributed by atoms with van der Waals surface area (Å²) >= 11 is 0. The zero-order chi connectivity index (χ0) is 19.5. The molecule has 3 N–H and O–H groups in total. The van der Waals surface area contributed by atoms with Crippen LogP contribution < -0.4 is 24.8 Å². The van der Waals surface area contributed by atoms with Gasteiger partial charge in [-0.3, -0.25) is 0 Å². The van der Waals surface area contributed by atoms with Gasteiger partial charge in [0.1, 0.15) is 5.75 Å². The van der Waals surface area contributed by atoms with E-state index in [-0.39, 0.29) is 12.8 Å². The Morgan fingerprint density at radius 2 is 2.07 bits per heavy atom. The van der Waals surface area contributed by atoms with Gasteiger partial charge in [0.05, 0.1) is 6.61 Å². The molecular formula is C21H23N3O4. The van der Waals surface area contributed by atoms with E-state index in [1.54, 1.807) is 6.07 Å². The molecule has 2 heterocycles. The molecule has 146 valence electrons. The van der Waals surface area contributed by atoms with Crippen LogP contribution in [0.5, 0.6) is 17.2 Å². The van der Waals surface area contributed by atoms with E-state index in [1.807, 2.05) is 44.3 Å². The Kier molecular flexibility index (Phi) is 4.97. The van der Waals surface area contributed by atoms with Gasteiger partial charge in [-0.25, -0.2) is 4.79 Å². The Hall–Kier alpha value is -3.35. The van der Waals surface area contributed by atoms with Crippen molar-refractivity contribution in [1.82, 2.24) is 10.3 Å². The second-order valence-electron chi connectivity index (χ2n) is 6.58. The highest BCUT2D eigenvalue weighted by atomic mass is 16.7. The van der Waals surface area contributed by atoms with E-state index in [4.69, 9.17) is 14.2 Å². The van der Waals surface area contributed by atoms with E-state index in [0.29, 0.717) is 36.8 Å². The lowest BCUT2D eigenvalue weighted by atomic mass is 10.1. The number of hydrogen-bond donors (Lipinski definition) is 3. The number of amides is 2.